The zero-order chi connectivity index (χ0) is 23.5. The van der Waals surface area contributed by atoms with Gasteiger partial charge < -0.3 is 15.0 Å². The van der Waals surface area contributed by atoms with Crippen molar-refractivity contribution >= 4 is 11.9 Å². The normalized spacial score (nSPS) is 17.8. The summed E-state index contributed by atoms with van der Waals surface area (Å²) in [5.41, 5.74) is 5.41. The fourth-order valence-corrected chi connectivity index (χ4v) is 4.96. The molecule has 1 saturated heterocycles. The van der Waals surface area contributed by atoms with Crippen molar-refractivity contribution in [2.24, 2.45) is 5.92 Å². The van der Waals surface area contributed by atoms with Crippen molar-refractivity contribution in [1.82, 2.24) is 15.3 Å². The van der Waals surface area contributed by atoms with Crippen LogP contribution in [-0.4, -0.2) is 41.6 Å². The first kappa shape index (κ1) is 22.4. The third-order valence-corrected chi connectivity index (χ3v) is 7.03. The molecule has 1 unspecified atom stereocenters. The molecule has 3 aromatic rings. The molecule has 0 spiro atoms. The Kier molecular flexibility index (Phi) is 6.48. The average molecular weight is 457 g/mol. The molecule has 3 heterocycles. The number of aromatic nitrogens is 2. The highest BCUT2D eigenvalue weighted by atomic mass is 16.5. The molecule has 2 aromatic carbocycles. The van der Waals surface area contributed by atoms with Gasteiger partial charge in [0.15, 0.2) is 0 Å². The van der Waals surface area contributed by atoms with Crippen molar-refractivity contribution < 1.29 is 9.53 Å². The molecule has 1 amide bonds. The van der Waals surface area contributed by atoms with E-state index < -0.39 is 0 Å². The summed E-state index contributed by atoms with van der Waals surface area (Å²) in [6.07, 6.45) is 8.21. The molecule has 2 aliphatic heterocycles. The van der Waals surface area contributed by atoms with Crippen LogP contribution in [0.1, 0.15) is 48.2 Å². The van der Waals surface area contributed by atoms with E-state index in [2.05, 4.69) is 45.3 Å². The summed E-state index contributed by atoms with van der Waals surface area (Å²) < 4.78 is 6.38. The number of fused-ring (bicyclic) bond motifs is 1. The first-order chi connectivity index (χ1) is 16.6. The van der Waals surface area contributed by atoms with E-state index in [9.17, 15) is 4.79 Å². The van der Waals surface area contributed by atoms with Crippen LogP contribution in [0.5, 0.6) is 5.75 Å². The van der Waals surface area contributed by atoms with Crippen LogP contribution in [0.4, 0.5) is 5.95 Å². The highest BCUT2D eigenvalue weighted by molar-refractivity contribution is 5.94. The van der Waals surface area contributed by atoms with Crippen LogP contribution < -0.4 is 15.0 Å². The number of anilines is 1. The van der Waals surface area contributed by atoms with E-state index in [1.165, 1.54) is 11.1 Å². The topological polar surface area (TPSA) is 67.4 Å². The van der Waals surface area contributed by atoms with Crippen molar-refractivity contribution in [3.8, 4) is 16.9 Å². The summed E-state index contributed by atoms with van der Waals surface area (Å²) in [7, 11) is 0. The number of nitrogens with one attached hydrogen (secondary N) is 1. The van der Waals surface area contributed by atoms with E-state index in [0.717, 1.165) is 61.6 Å². The summed E-state index contributed by atoms with van der Waals surface area (Å²) in [5.74, 6) is 2.36. The van der Waals surface area contributed by atoms with Gasteiger partial charge in [0.1, 0.15) is 11.9 Å². The van der Waals surface area contributed by atoms with Crippen LogP contribution in [0.3, 0.4) is 0 Å². The summed E-state index contributed by atoms with van der Waals surface area (Å²) in [6.45, 7) is 6.61. The summed E-state index contributed by atoms with van der Waals surface area (Å²) in [6, 6.07) is 14.3. The minimum Gasteiger partial charge on any atom is -0.490 e. The van der Waals surface area contributed by atoms with Gasteiger partial charge in [-0.1, -0.05) is 25.1 Å². The maximum absolute atomic E-state index is 12.0. The van der Waals surface area contributed by atoms with Crippen LogP contribution in [0.25, 0.3) is 11.1 Å². The van der Waals surface area contributed by atoms with Gasteiger partial charge in [0.05, 0.1) is 0 Å². The minimum absolute atomic E-state index is 0.0326. The number of hydrogen-bond donors (Lipinski definition) is 1. The summed E-state index contributed by atoms with van der Waals surface area (Å²) in [4.78, 5) is 23.4. The number of carbonyl (C=O) groups is 1. The molecule has 1 fully saturated rings. The number of benzene rings is 2. The van der Waals surface area contributed by atoms with E-state index >= 15 is 0 Å². The smallest absolute Gasteiger partial charge is 0.251 e. The van der Waals surface area contributed by atoms with Gasteiger partial charge in [-0.25, -0.2) is 9.97 Å². The number of carbonyl (C=O) groups excluding carboxylic acids is 1. The lowest BCUT2D eigenvalue weighted by atomic mass is 9.88. The number of nitrogens with zero attached hydrogens (tertiary/aromatic N) is 3. The Morgan fingerprint density at radius 3 is 2.41 bits per heavy atom. The number of aryl methyl sites for hydroxylation is 1. The average Bonchev–Trinajstić information content (AvgIpc) is 3.33. The molecule has 2 aliphatic rings. The Morgan fingerprint density at radius 2 is 1.74 bits per heavy atom. The first-order valence-corrected chi connectivity index (χ1v) is 12.4. The third-order valence-electron chi connectivity index (χ3n) is 7.03. The second-order valence-corrected chi connectivity index (χ2v) is 9.19. The maximum Gasteiger partial charge on any atom is 0.251 e. The Morgan fingerprint density at radius 1 is 1.03 bits per heavy atom. The fourth-order valence-electron chi connectivity index (χ4n) is 4.96. The third kappa shape index (κ3) is 4.63. The van der Waals surface area contributed by atoms with E-state index in [1.54, 1.807) is 0 Å². The summed E-state index contributed by atoms with van der Waals surface area (Å²) in [5, 5.41) is 2.84. The highest BCUT2D eigenvalue weighted by Gasteiger charge is 2.33. The Balaban J connectivity index is 1.20. The second kappa shape index (κ2) is 9.84. The molecule has 34 heavy (non-hydrogen) atoms. The van der Waals surface area contributed by atoms with E-state index in [0.29, 0.717) is 18.0 Å². The number of piperidine rings is 1. The van der Waals surface area contributed by atoms with Gasteiger partial charge in [-0.2, -0.15) is 0 Å². The highest BCUT2D eigenvalue weighted by Crippen LogP contribution is 2.37. The molecule has 6 heteroatoms. The Labute approximate surface area is 201 Å². The van der Waals surface area contributed by atoms with Crippen LogP contribution in [0.15, 0.2) is 54.9 Å². The molecule has 0 radical (unpaired) electrons. The molecule has 6 nitrogen and oxygen atoms in total. The first-order valence-electron chi connectivity index (χ1n) is 12.4. The van der Waals surface area contributed by atoms with E-state index in [1.807, 2.05) is 43.6 Å². The van der Waals surface area contributed by atoms with Crippen LogP contribution in [-0.2, 0) is 12.8 Å². The fraction of sp³-hybridized carbons (Fsp3) is 0.393. The predicted octanol–water partition coefficient (Wildman–Crippen LogP) is 4.68. The van der Waals surface area contributed by atoms with Crippen LogP contribution in [0.2, 0.25) is 0 Å². The van der Waals surface area contributed by atoms with Gasteiger partial charge in [0.2, 0.25) is 5.95 Å². The lowest BCUT2D eigenvalue weighted by Crippen LogP contribution is -2.40. The lowest BCUT2D eigenvalue weighted by Gasteiger charge is -2.34. The molecule has 1 aromatic heterocycles. The lowest BCUT2D eigenvalue weighted by molar-refractivity contribution is 0.0956. The van der Waals surface area contributed by atoms with Gasteiger partial charge >= 0.3 is 0 Å². The van der Waals surface area contributed by atoms with Gasteiger partial charge in [0, 0.05) is 44.0 Å². The quantitative estimate of drug-likeness (QED) is 0.584. The molecule has 5 rings (SSSR count). The number of hydrogen-bond acceptors (Lipinski definition) is 5. The zero-order valence-electron chi connectivity index (χ0n) is 20.0. The standard InChI is InChI=1S/C28H32N4O2/c1-3-19-17-30-28(31-18-19)32-13-11-21(12-14-32)26-16-24-15-23(9-10-25(24)34-26)20-5-7-22(8-6-20)27(33)29-4-2/h5-10,15,17-18,21,26H,3-4,11-14,16H2,1-2H3,(H,29,33). The van der Waals surface area contributed by atoms with Gasteiger partial charge in [-0.05, 0) is 78.6 Å². The summed E-state index contributed by atoms with van der Waals surface area (Å²) >= 11 is 0. The molecule has 1 N–H and O–H groups in total. The monoisotopic (exact) mass is 456 g/mol. The predicted molar refractivity (Wildman–Crippen MR) is 134 cm³/mol. The van der Waals surface area contributed by atoms with Gasteiger partial charge in [-0.3, -0.25) is 4.79 Å². The van der Waals surface area contributed by atoms with E-state index in [-0.39, 0.29) is 12.0 Å². The van der Waals surface area contributed by atoms with Crippen molar-refractivity contribution in [3.05, 3.63) is 71.5 Å². The maximum atomic E-state index is 12.0. The van der Waals surface area contributed by atoms with Crippen molar-refractivity contribution in [2.45, 2.75) is 45.6 Å². The number of rotatable bonds is 6. The Bertz CT molecular complexity index is 1140. The van der Waals surface area contributed by atoms with Crippen molar-refractivity contribution in [3.63, 3.8) is 0 Å². The van der Waals surface area contributed by atoms with Crippen molar-refractivity contribution in [1.29, 1.82) is 0 Å². The minimum atomic E-state index is -0.0326. The van der Waals surface area contributed by atoms with E-state index in [4.69, 9.17) is 4.74 Å². The van der Waals surface area contributed by atoms with Gasteiger partial charge in [0.25, 0.3) is 5.91 Å². The Hall–Kier alpha value is -3.41. The largest absolute Gasteiger partial charge is 0.490 e. The zero-order valence-corrected chi connectivity index (χ0v) is 20.0. The number of amides is 1. The molecule has 176 valence electrons. The van der Waals surface area contributed by atoms with Gasteiger partial charge in [-0.15, -0.1) is 0 Å². The van der Waals surface area contributed by atoms with Crippen LogP contribution in [0, 0.1) is 5.92 Å². The molecule has 1 atom stereocenters. The molecule has 0 saturated carbocycles. The SMILES string of the molecule is CCNC(=O)c1ccc(-c2ccc3c(c2)CC(C2CCN(c4ncc(CC)cn4)CC2)O3)cc1. The van der Waals surface area contributed by atoms with Crippen LogP contribution >= 0.6 is 0 Å². The van der Waals surface area contributed by atoms with Crippen molar-refractivity contribution in [2.75, 3.05) is 24.5 Å². The molecular formula is C28H32N4O2. The molecular weight excluding hydrogens is 424 g/mol. The second-order valence-electron chi connectivity index (χ2n) is 9.19. The molecule has 0 aliphatic carbocycles. The number of ether oxygens (including phenoxy) is 1. The molecule has 0 bridgehead atoms.